The van der Waals surface area contributed by atoms with Crippen LogP contribution >= 0.6 is 0 Å². The lowest BCUT2D eigenvalue weighted by Gasteiger charge is -2.35. The number of aromatic amines is 1. The SMILES string of the molecule is COC(=O)CCCNC(=O)CN1CCc2c([nH]c3ccccc23)C1c1ccccc1. The van der Waals surface area contributed by atoms with Gasteiger partial charge in [-0.3, -0.25) is 14.5 Å². The van der Waals surface area contributed by atoms with Crippen LogP contribution < -0.4 is 5.32 Å². The summed E-state index contributed by atoms with van der Waals surface area (Å²) in [4.78, 5) is 29.7. The Labute approximate surface area is 176 Å². The number of rotatable bonds is 7. The van der Waals surface area contributed by atoms with Crippen LogP contribution in [0.5, 0.6) is 0 Å². The van der Waals surface area contributed by atoms with Crippen molar-refractivity contribution in [3.63, 3.8) is 0 Å². The smallest absolute Gasteiger partial charge is 0.305 e. The summed E-state index contributed by atoms with van der Waals surface area (Å²) in [7, 11) is 1.37. The number of aromatic nitrogens is 1. The first-order chi connectivity index (χ1) is 14.7. The average Bonchev–Trinajstić information content (AvgIpc) is 3.15. The van der Waals surface area contributed by atoms with Crippen molar-refractivity contribution in [2.45, 2.75) is 25.3 Å². The minimum atomic E-state index is -0.254. The number of carbonyl (C=O) groups excluding carboxylic acids is 2. The Balaban J connectivity index is 1.53. The largest absolute Gasteiger partial charge is 0.469 e. The molecule has 6 heteroatoms. The number of amides is 1. The molecule has 1 aromatic heterocycles. The predicted molar refractivity (Wildman–Crippen MR) is 116 cm³/mol. The molecule has 3 aromatic rings. The monoisotopic (exact) mass is 405 g/mol. The molecule has 2 aromatic carbocycles. The van der Waals surface area contributed by atoms with Gasteiger partial charge in [0.1, 0.15) is 0 Å². The number of esters is 1. The fraction of sp³-hybridized carbons (Fsp3) is 0.333. The van der Waals surface area contributed by atoms with Gasteiger partial charge in [-0.1, -0.05) is 48.5 Å². The van der Waals surface area contributed by atoms with Crippen LogP contribution in [0.4, 0.5) is 0 Å². The zero-order valence-corrected chi connectivity index (χ0v) is 17.2. The second-order valence-corrected chi connectivity index (χ2v) is 7.63. The average molecular weight is 405 g/mol. The zero-order chi connectivity index (χ0) is 20.9. The number of nitrogens with zero attached hydrogens (tertiary/aromatic N) is 1. The van der Waals surface area contributed by atoms with Gasteiger partial charge < -0.3 is 15.0 Å². The third kappa shape index (κ3) is 4.24. The van der Waals surface area contributed by atoms with Gasteiger partial charge in [0.25, 0.3) is 0 Å². The lowest BCUT2D eigenvalue weighted by atomic mass is 9.92. The number of ether oxygens (including phenoxy) is 1. The molecule has 1 amide bonds. The summed E-state index contributed by atoms with van der Waals surface area (Å²) in [5.74, 6) is -0.281. The van der Waals surface area contributed by atoms with Gasteiger partial charge in [-0.05, 0) is 30.0 Å². The van der Waals surface area contributed by atoms with Crippen LogP contribution in [-0.4, -0.2) is 48.5 Å². The molecule has 0 spiro atoms. The van der Waals surface area contributed by atoms with Crippen molar-refractivity contribution in [1.29, 1.82) is 0 Å². The Morgan fingerprint density at radius 3 is 2.70 bits per heavy atom. The number of H-pyrrole nitrogens is 1. The summed E-state index contributed by atoms with van der Waals surface area (Å²) < 4.78 is 4.64. The molecule has 1 aliphatic rings. The molecule has 1 atom stereocenters. The summed E-state index contributed by atoms with van der Waals surface area (Å²) in [6.45, 7) is 1.59. The number of benzene rings is 2. The Morgan fingerprint density at radius 2 is 1.90 bits per heavy atom. The van der Waals surface area contributed by atoms with E-state index in [1.54, 1.807) is 0 Å². The third-order valence-electron chi connectivity index (χ3n) is 5.70. The molecule has 1 aliphatic heterocycles. The minimum absolute atomic E-state index is 0.00293. The van der Waals surface area contributed by atoms with E-state index in [-0.39, 0.29) is 17.9 Å². The molecule has 0 radical (unpaired) electrons. The van der Waals surface area contributed by atoms with Crippen LogP contribution in [0.1, 0.15) is 35.7 Å². The van der Waals surface area contributed by atoms with Crippen LogP contribution in [0.3, 0.4) is 0 Å². The lowest BCUT2D eigenvalue weighted by molar-refractivity contribution is -0.140. The van der Waals surface area contributed by atoms with Gasteiger partial charge in [-0.25, -0.2) is 0 Å². The van der Waals surface area contributed by atoms with Gasteiger partial charge in [0, 0.05) is 36.1 Å². The second kappa shape index (κ2) is 9.13. The maximum Gasteiger partial charge on any atom is 0.305 e. The van der Waals surface area contributed by atoms with Crippen molar-refractivity contribution in [1.82, 2.24) is 15.2 Å². The van der Waals surface area contributed by atoms with E-state index < -0.39 is 0 Å². The zero-order valence-electron chi connectivity index (χ0n) is 17.2. The summed E-state index contributed by atoms with van der Waals surface area (Å²) in [6, 6.07) is 18.7. The number of nitrogens with one attached hydrogen (secondary N) is 2. The molecular weight excluding hydrogens is 378 g/mol. The molecule has 0 aliphatic carbocycles. The highest BCUT2D eigenvalue weighted by Crippen LogP contribution is 2.38. The quantitative estimate of drug-likeness (QED) is 0.468. The molecule has 2 N–H and O–H groups in total. The molecule has 0 saturated carbocycles. The van der Waals surface area contributed by atoms with Crippen LogP contribution in [-0.2, 0) is 20.7 Å². The fourth-order valence-electron chi connectivity index (χ4n) is 4.28. The van der Waals surface area contributed by atoms with Crippen molar-refractivity contribution in [2.75, 3.05) is 26.7 Å². The molecule has 1 unspecified atom stereocenters. The van der Waals surface area contributed by atoms with Crippen LogP contribution in [0.25, 0.3) is 10.9 Å². The van der Waals surface area contributed by atoms with Crippen LogP contribution in [0, 0.1) is 0 Å². The molecule has 30 heavy (non-hydrogen) atoms. The highest BCUT2D eigenvalue weighted by molar-refractivity contribution is 5.85. The fourth-order valence-corrected chi connectivity index (χ4v) is 4.28. The molecule has 4 rings (SSSR count). The van der Waals surface area contributed by atoms with Gasteiger partial charge in [-0.15, -0.1) is 0 Å². The van der Waals surface area contributed by atoms with E-state index in [0.29, 0.717) is 25.9 Å². The number of hydrogen-bond donors (Lipinski definition) is 2. The van der Waals surface area contributed by atoms with E-state index in [9.17, 15) is 9.59 Å². The molecule has 156 valence electrons. The van der Waals surface area contributed by atoms with Crippen molar-refractivity contribution in [3.05, 3.63) is 71.4 Å². The number of fused-ring (bicyclic) bond motifs is 3. The maximum atomic E-state index is 12.6. The van der Waals surface area contributed by atoms with E-state index >= 15 is 0 Å². The van der Waals surface area contributed by atoms with Crippen molar-refractivity contribution >= 4 is 22.8 Å². The van der Waals surface area contributed by atoms with Crippen molar-refractivity contribution in [3.8, 4) is 0 Å². The Kier molecular flexibility index (Phi) is 6.14. The van der Waals surface area contributed by atoms with Crippen molar-refractivity contribution in [2.24, 2.45) is 0 Å². The van der Waals surface area contributed by atoms with Crippen LogP contribution in [0.15, 0.2) is 54.6 Å². The first kappa shape index (κ1) is 20.2. The first-order valence-corrected chi connectivity index (χ1v) is 10.4. The van der Waals surface area contributed by atoms with Gasteiger partial charge >= 0.3 is 5.97 Å². The lowest BCUT2D eigenvalue weighted by Crippen LogP contribution is -2.43. The minimum Gasteiger partial charge on any atom is -0.469 e. The Bertz CT molecular complexity index is 1030. The van der Waals surface area contributed by atoms with Gasteiger partial charge in [0.05, 0.1) is 19.7 Å². The van der Waals surface area contributed by atoms with Gasteiger partial charge in [0.2, 0.25) is 5.91 Å². The molecule has 0 saturated heterocycles. The summed E-state index contributed by atoms with van der Waals surface area (Å²) in [6.07, 6.45) is 1.79. The first-order valence-electron chi connectivity index (χ1n) is 10.4. The van der Waals surface area contributed by atoms with Gasteiger partial charge in [0.15, 0.2) is 0 Å². The second-order valence-electron chi connectivity index (χ2n) is 7.63. The van der Waals surface area contributed by atoms with Crippen LogP contribution in [0.2, 0.25) is 0 Å². The summed E-state index contributed by atoms with van der Waals surface area (Å²) in [5, 5.41) is 4.20. The summed E-state index contributed by atoms with van der Waals surface area (Å²) in [5.41, 5.74) is 4.82. The molecule has 2 heterocycles. The number of carbonyl (C=O) groups is 2. The third-order valence-corrected chi connectivity index (χ3v) is 5.70. The molecule has 0 bridgehead atoms. The topological polar surface area (TPSA) is 74.4 Å². The highest BCUT2D eigenvalue weighted by Gasteiger charge is 2.32. The molecule has 6 nitrogen and oxygen atoms in total. The van der Waals surface area contributed by atoms with E-state index in [0.717, 1.165) is 18.5 Å². The number of para-hydroxylation sites is 1. The molecule has 0 fully saturated rings. The van der Waals surface area contributed by atoms with Crippen molar-refractivity contribution < 1.29 is 14.3 Å². The Hall–Kier alpha value is -3.12. The number of hydrogen-bond acceptors (Lipinski definition) is 4. The Morgan fingerprint density at radius 1 is 1.13 bits per heavy atom. The van der Waals surface area contributed by atoms with E-state index in [1.807, 2.05) is 24.3 Å². The highest BCUT2D eigenvalue weighted by atomic mass is 16.5. The summed E-state index contributed by atoms with van der Waals surface area (Å²) >= 11 is 0. The maximum absolute atomic E-state index is 12.6. The predicted octanol–water partition coefficient (Wildman–Crippen LogP) is 3.18. The van der Waals surface area contributed by atoms with E-state index in [4.69, 9.17) is 0 Å². The normalized spacial score (nSPS) is 16.2. The molecular formula is C24H27N3O3. The standard InChI is InChI=1S/C24H27N3O3/c1-30-22(29)12-7-14-25-21(28)16-27-15-13-19-18-10-5-6-11-20(18)26-23(19)24(27)17-8-3-2-4-9-17/h2-6,8-11,24,26H,7,12-16H2,1H3,(H,25,28). The van der Waals surface area contributed by atoms with Gasteiger partial charge in [-0.2, -0.15) is 0 Å². The van der Waals surface area contributed by atoms with E-state index in [2.05, 4.69) is 50.3 Å². The van der Waals surface area contributed by atoms with E-state index in [1.165, 1.54) is 29.3 Å². The number of methoxy groups -OCH3 is 1.